The molecular weight excluding hydrogens is 983 g/mol. The Morgan fingerprint density at radius 1 is 0.618 bits per heavy atom. The average Bonchev–Trinajstić information content (AvgIpc) is 4.16. The number of carbonyl (C=O) groups excluding carboxylic acids is 1. The minimum atomic E-state index is -4.36. The van der Waals surface area contributed by atoms with Crippen molar-refractivity contribution >= 4 is 93.9 Å². The predicted octanol–water partition coefficient (Wildman–Crippen LogP) is -1.80. The second-order valence-electron chi connectivity index (χ2n) is 15.5. The maximum absolute atomic E-state index is 11.8. The summed E-state index contributed by atoms with van der Waals surface area (Å²) in [6, 6.07) is 0. The lowest BCUT2D eigenvalue weighted by atomic mass is 10.1. The van der Waals surface area contributed by atoms with Crippen molar-refractivity contribution in [2.24, 2.45) is 5.73 Å². The van der Waals surface area contributed by atoms with E-state index < -0.39 is 106 Å². The maximum Gasteiger partial charge on any atom is 0.325 e. The fourth-order valence-corrected chi connectivity index (χ4v) is 11.1. The van der Waals surface area contributed by atoms with Crippen molar-refractivity contribution in [3.63, 3.8) is 0 Å². The summed E-state index contributed by atoms with van der Waals surface area (Å²) in [6.45, 7) is -9.76. The number of nitrogens with zero attached hydrogens (tertiary/aromatic N) is 12. The molecule has 2 unspecified atom stereocenters. The van der Waals surface area contributed by atoms with Crippen LogP contribution in [0, 0.1) is 0 Å². The molecule has 0 saturated carbocycles. The monoisotopic (exact) mass is 1030 g/mol. The number of aliphatic hydroxyl groups excluding tert-OH is 2. The van der Waals surface area contributed by atoms with Crippen LogP contribution in [0.4, 0.5) is 17.5 Å². The number of amides is 1. The van der Waals surface area contributed by atoms with E-state index in [-0.39, 0.29) is 63.8 Å². The van der Waals surface area contributed by atoms with Gasteiger partial charge >= 0.3 is 13.4 Å². The Hall–Kier alpha value is -4.70. The standard InChI is InChI=1S/C34H44N16O14P2S2/c1-56-22-13(3-4-16(35)51)60-33(49-11-46-18-27(37)40-8-43-30(18)49)24(22)63-66(55,68)59-6-15-23(57-2)25(34(62-15)50-12-47-19-28(38)41-9-44-31(19)50)64-65(54,67)58-5-14-20(52)21(53)32(61-14)48-10-45-17-26(36)39-7-42-29(17)48/h7-15,20-25,32-34,52-53H,3-6H2,1-2H3,(H2,35,51)(H,54,67)(H,55,68)(H2,36,39,42)(H2,37,40,43)(H2,38,41,44)/t13-,14-,15-,20-,21-,22-,23-,24-,25-,32-,33-,34-,65?,66?/m1/s1. The number of carbonyl (C=O) groups is 1. The third kappa shape index (κ3) is 9.24. The van der Waals surface area contributed by atoms with Crippen LogP contribution in [0.2, 0.25) is 0 Å². The van der Waals surface area contributed by atoms with Gasteiger partial charge in [0.1, 0.15) is 84.4 Å². The predicted molar refractivity (Wildman–Crippen MR) is 238 cm³/mol. The van der Waals surface area contributed by atoms with Crippen LogP contribution in [0.5, 0.6) is 0 Å². The highest BCUT2D eigenvalue weighted by molar-refractivity contribution is 8.07. The van der Waals surface area contributed by atoms with Crippen molar-refractivity contribution in [3.8, 4) is 0 Å². The number of hydrogen-bond acceptors (Lipinski definition) is 26. The molecule has 6 aromatic rings. The van der Waals surface area contributed by atoms with Crippen molar-refractivity contribution in [2.45, 2.75) is 86.5 Å². The van der Waals surface area contributed by atoms with Gasteiger partial charge in [0.15, 0.2) is 53.1 Å². The topological polar surface area (TPSA) is 416 Å². The first-order chi connectivity index (χ1) is 32.5. The van der Waals surface area contributed by atoms with E-state index in [1.54, 1.807) is 0 Å². The van der Waals surface area contributed by atoms with E-state index in [4.69, 9.17) is 88.3 Å². The highest BCUT2D eigenvalue weighted by Gasteiger charge is 2.53. The average molecular weight is 1030 g/mol. The van der Waals surface area contributed by atoms with Crippen LogP contribution in [-0.2, 0) is 70.2 Å². The van der Waals surface area contributed by atoms with E-state index in [1.807, 2.05) is 0 Å². The summed E-state index contributed by atoms with van der Waals surface area (Å²) in [5.41, 5.74) is 24.9. The number of ether oxygens (including phenoxy) is 5. The summed E-state index contributed by atoms with van der Waals surface area (Å²) >= 11 is 11.0. The van der Waals surface area contributed by atoms with Gasteiger partial charge in [-0.25, -0.2) is 44.9 Å². The molecule has 0 aromatic carbocycles. The third-order valence-corrected chi connectivity index (χ3v) is 14.5. The van der Waals surface area contributed by atoms with Crippen LogP contribution in [-0.4, -0.2) is 167 Å². The summed E-state index contributed by atoms with van der Waals surface area (Å²) in [7, 11) is 2.71. The number of nitrogen functional groups attached to an aromatic ring is 3. The van der Waals surface area contributed by atoms with Crippen LogP contribution in [0.3, 0.4) is 0 Å². The van der Waals surface area contributed by atoms with E-state index in [0.717, 1.165) is 0 Å². The molecule has 3 saturated heterocycles. The molecule has 9 rings (SSSR count). The Kier molecular flexibility index (Phi) is 13.7. The summed E-state index contributed by atoms with van der Waals surface area (Å²) in [5, 5.41) is 22.0. The molecule has 9 heterocycles. The van der Waals surface area contributed by atoms with Crippen LogP contribution in [0.25, 0.3) is 33.5 Å². The summed E-state index contributed by atoms with van der Waals surface area (Å²) in [5.74, 6) is -0.343. The minimum absolute atomic E-state index is 0.0522. The SMILES string of the molecule is CO[C@H]1[C@@H](OP(O)(=S)OC[C@H]2O[C@@H](n3cnc4c(N)ncnc43)[C@H](OP(O)(=S)OC[C@H]3O[C@@H](n4cnc5c(N)ncnc54)[C@H](O)[C@@H]3O)[C@@H]2OC)[C@H](n2cnc3c(N)ncnc32)O[C@@H]1CCC(N)=O. The molecule has 0 bridgehead atoms. The third-order valence-electron chi connectivity index (χ3n) is 11.4. The molecule has 12 N–H and O–H groups in total. The van der Waals surface area contributed by atoms with Gasteiger partial charge in [-0.05, 0) is 30.0 Å². The summed E-state index contributed by atoms with van der Waals surface area (Å²) in [6.07, 6.45) is -6.69. The van der Waals surface area contributed by atoms with Gasteiger partial charge in [0.2, 0.25) is 5.91 Å². The number of primary amides is 1. The second kappa shape index (κ2) is 19.2. The molecule has 3 aliphatic heterocycles. The van der Waals surface area contributed by atoms with Gasteiger partial charge in [-0.3, -0.25) is 27.5 Å². The lowest BCUT2D eigenvalue weighted by Crippen LogP contribution is -2.38. The zero-order valence-corrected chi connectivity index (χ0v) is 38.9. The molecule has 68 heavy (non-hydrogen) atoms. The van der Waals surface area contributed by atoms with Gasteiger partial charge in [-0.15, -0.1) is 0 Å². The lowest BCUT2D eigenvalue weighted by Gasteiger charge is -2.29. The molecule has 0 radical (unpaired) electrons. The van der Waals surface area contributed by atoms with Gasteiger partial charge in [0.25, 0.3) is 0 Å². The normalized spacial score (nSPS) is 30.4. The van der Waals surface area contributed by atoms with E-state index in [1.165, 1.54) is 65.9 Å². The summed E-state index contributed by atoms with van der Waals surface area (Å²) in [4.78, 5) is 72.6. The molecule has 3 fully saturated rings. The van der Waals surface area contributed by atoms with Gasteiger partial charge in [-0.2, -0.15) is 0 Å². The van der Waals surface area contributed by atoms with E-state index in [0.29, 0.717) is 0 Å². The number of anilines is 3. The number of rotatable bonds is 18. The van der Waals surface area contributed by atoms with Gasteiger partial charge in [0, 0.05) is 20.6 Å². The van der Waals surface area contributed by atoms with E-state index in [2.05, 4.69) is 44.9 Å². The number of nitrogens with two attached hydrogens (primary N) is 4. The molecule has 0 aliphatic carbocycles. The molecule has 0 spiro atoms. The van der Waals surface area contributed by atoms with Gasteiger partial charge < -0.3 is 75.7 Å². The van der Waals surface area contributed by atoms with Crippen molar-refractivity contribution < 1.29 is 66.6 Å². The van der Waals surface area contributed by atoms with Crippen molar-refractivity contribution in [1.29, 1.82) is 0 Å². The Bertz CT molecular complexity index is 2920. The molecular formula is C34H44N16O14P2S2. The highest BCUT2D eigenvalue weighted by atomic mass is 32.5. The Balaban J connectivity index is 0.938. The first kappa shape index (κ1) is 48.3. The van der Waals surface area contributed by atoms with Crippen LogP contribution in [0.15, 0.2) is 38.0 Å². The molecule has 34 heteroatoms. The highest BCUT2D eigenvalue weighted by Crippen LogP contribution is 2.54. The molecule has 30 nitrogen and oxygen atoms in total. The zero-order chi connectivity index (χ0) is 48.2. The maximum atomic E-state index is 11.8. The lowest BCUT2D eigenvalue weighted by molar-refractivity contribution is -0.119. The minimum Gasteiger partial charge on any atom is -0.387 e. The quantitative estimate of drug-likeness (QED) is 0.0440. The second-order valence-corrected chi connectivity index (χ2v) is 21.1. The molecule has 366 valence electrons. The van der Waals surface area contributed by atoms with Gasteiger partial charge in [0.05, 0.1) is 38.3 Å². The Morgan fingerprint density at radius 2 is 1.01 bits per heavy atom. The number of hydrogen-bond donors (Lipinski definition) is 8. The van der Waals surface area contributed by atoms with E-state index in [9.17, 15) is 24.8 Å². The van der Waals surface area contributed by atoms with Gasteiger partial charge in [-0.1, -0.05) is 0 Å². The number of aliphatic hydroxyl groups is 2. The smallest absolute Gasteiger partial charge is 0.325 e. The molecule has 6 aromatic heterocycles. The fraction of sp³-hybridized carbons (Fsp3) is 0.529. The number of methoxy groups -OCH3 is 2. The van der Waals surface area contributed by atoms with Crippen LogP contribution < -0.4 is 22.9 Å². The summed E-state index contributed by atoms with van der Waals surface area (Å²) < 4.78 is 58.7. The van der Waals surface area contributed by atoms with E-state index >= 15 is 0 Å². The number of imidazole rings is 3. The number of aromatic nitrogens is 12. The van der Waals surface area contributed by atoms with Crippen molar-refractivity contribution in [1.82, 2.24) is 58.6 Å². The first-order valence-corrected chi connectivity index (χ1v) is 25.4. The van der Waals surface area contributed by atoms with Crippen LogP contribution in [0.1, 0.15) is 31.5 Å². The number of fused-ring (bicyclic) bond motifs is 3. The first-order valence-electron chi connectivity index (χ1n) is 20.3. The fourth-order valence-electron chi connectivity index (χ4n) is 8.28. The van der Waals surface area contributed by atoms with Crippen LogP contribution >= 0.6 is 13.4 Å². The Labute approximate surface area is 392 Å². The molecule has 14 atom stereocenters. The van der Waals surface area contributed by atoms with Crippen molar-refractivity contribution in [3.05, 3.63) is 38.0 Å². The largest absolute Gasteiger partial charge is 0.387 e. The molecule has 1 amide bonds. The Morgan fingerprint density at radius 3 is 1.46 bits per heavy atom. The zero-order valence-electron chi connectivity index (χ0n) is 35.5. The van der Waals surface area contributed by atoms with Crippen molar-refractivity contribution in [2.75, 3.05) is 44.6 Å². The molecule has 3 aliphatic rings.